The topological polar surface area (TPSA) is 112 Å². The standard InChI is InChI=1S/C28H31F3N4O5S/c1-6-8-22-19-34(41(38,39)23-13-14-24(32-18-23)33-25(36)40-26(3,4)5)16-17-35(22)21-11-9-20(10-12-21)27(37,15-7-2)28(29,30)31/h2,9-14,18,22,37H,15-17,19H2,1,3-5H3,(H,32,33,36). The van der Waals surface area contributed by atoms with E-state index < -0.39 is 51.5 Å². The Morgan fingerprint density at radius 2 is 1.83 bits per heavy atom. The number of ether oxygens (including phenoxy) is 1. The molecule has 1 saturated heterocycles. The normalized spacial score (nSPS) is 17.9. The molecule has 2 heterocycles. The third-order valence-corrected chi connectivity index (χ3v) is 8.01. The summed E-state index contributed by atoms with van der Waals surface area (Å²) in [6, 6.07) is 7.19. The summed E-state index contributed by atoms with van der Waals surface area (Å²) >= 11 is 0. The Balaban J connectivity index is 1.78. The molecule has 0 bridgehead atoms. The summed E-state index contributed by atoms with van der Waals surface area (Å²) in [4.78, 5) is 17.7. The lowest BCUT2D eigenvalue weighted by Crippen LogP contribution is -2.54. The van der Waals surface area contributed by atoms with Crippen LogP contribution in [0, 0.1) is 24.2 Å². The van der Waals surface area contributed by atoms with Crippen LogP contribution in [0.2, 0.25) is 0 Å². The van der Waals surface area contributed by atoms with E-state index in [1.807, 2.05) is 5.92 Å². The van der Waals surface area contributed by atoms with E-state index in [9.17, 15) is 31.5 Å². The lowest BCUT2D eigenvalue weighted by molar-refractivity contribution is -0.264. The number of anilines is 2. The predicted octanol–water partition coefficient (Wildman–Crippen LogP) is 4.10. The first-order valence-electron chi connectivity index (χ1n) is 12.5. The highest BCUT2D eigenvalue weighted by molar-refractivity contribution is 7.89. The minimum atomic E-state index is -4.98. The molecule has 0 spiro atoms. The minimum Gasteiger partial charge on any atom is -0.444 e. The van der Waals surface area contributed by atoms with Crippen molar-refractivity contribution in [1.82, 2.24) is 9.29 Å². The number of terminal acetylenes is 1. The number of pyridine rings is 1. The molecular weight excluding hydrogens is 561 g/mol. The maximum atomic E-state index is 13.6. The second kappa shape index (κ2) is 12.0. The van der Waals surface area contributed by atoms with Crippen LogP contribution in [0.1, 0.15) is 39.7 Å². The molecule has 1 aromatic carbocycles. The van der Waals surface area contributed by atoms with Crippen LogP contribution >= 0.6 is 0 Å². The van der Waals surface area contributed by atoms with Crippen LogP contribution in [0.5, 0.6) is 0 Å². The van der Waals surface area contributed by atoms with E-state index in [0.29, 0.717) is 5.69 Å². The summed E-state index contributed by atoms with van der Waals surface area (Å²) in [5.74, 6) is 7.73. The van der Waals surface area contributed by atoms with Gasteiger partial charge in [-0.2, -0.15) is 17.5 Å². The van der Waals surface area contributed by atoms with Gasteiger partial charge in [0.1, 0.15) is 22.4 Å². The summed E-state index contributed by atoms with van der Waals surface area (Å²) in [5, 5.41) is 12.7. The van der Waals surface area contributed by atoms with Crippen LogP contribution in [0.15, 0.2) is 47.5 Å². The van der Waals surface area contributed by atoms with Gasteiger partial charge in [0.2, 0.25) is 10.0 Å². The fourth-order valence-corrected chi connectivity index (χ4v) is 5.57. The van der Waals surface area contributed by atoms with E-state index in [1.54, 1.807) is 32.6 Å². The Kier molecular flexibility index (Phi) is 9.28. The molecule has 2 atom stereocenters. The van der Waals surface area contributed by atoms with Crippen molar-refractivity contribution in [2.24, 2.45) is 0 Å². The molecule has 1 aliphatic rings. The molecule has 0 radical (unpaired) electrons. The SMILES string of the molecule is C#CCC(O)(c1ccc(N2CCN(S(=O)(=O)c3ccc(NC(=O)OC(C)(C)C)nc3)CC2C#CC)cc1)C(F)(F)F. The first-order valence-corrected chi connectivity index (χ1v) is 13.9. The van der Waals surface area contributed by atoms with Crippen molar-refractivity contribution in [3.05, 3.63) is 48.2 Å². The second-order valence-electron chi connectivity index (χ2n) is 10.3. The van der Waals surface area contributed by atoms with Gasteiger partial charge in [-0.15, -0.1) is 18.3 Å². The van der Waals surface area contributed by atoms with Gasteiger partial charge in [-0.1, -0.05) is 18.1 Å². The molecule has 1 amide bonds. The van der Waals surface area contributed by atoms with Crippen molar-refractivity contribution in [2.45, 2.75) is 62.4 Å². The first-order chi connectivity index (χ1) is 19.0. The molecule has 13 heteroatoms. The number of piperazine rings is 1. The Morgan fingerprint density at radius 3 is 2.34 bits per heavy atom. The number of rotatable bonds is 6. The molecule has 2 aromatic rings. The Bertz CT molecular complexity index is 1450. The van der Waals surface area contributed by atoms with Crippen molar-refractivity contribution < 1.29 is 36.2 Å². The largest absolute Gasteiger partial charge is 0.444 e. The summed E-state index contributed by atoms with van der Waals surface area (Å²) in [5.41, 5.74) is -3.81. The number of amides is 1. The number of benzene rings is 1. The zero-order chi connectivity index (χ0) is 30.6. The molecule has 1 aliphatic heterocycles. The highest BCUT2D eigenvalue weighted by Gasteiger charge is 2.54. The minimum absolute atomic E-state index is 0.0214. The van der Waals surface area contributed by atoms with Crippen LogP contribution in [-0.2, 0) is 20.4 Å². The lowest BCUT2D eigenvalue weighted by atomic mass is 9.89. The number of carbonyl (C=O) groups is 1. The van der Waals surface area contributed by atoms with Gasteiger partial charge in [-0.25, -0.2) is 18.2 Å². The molecule has 3 rings (SSSR count). The van der Waals surface area contributed by atoms with Gasteiger partial charge in [0.15, 0.2) is 5.60 Å². The number of nitrogens with one attached hydrogen (secondary N) is 1. The average Bonchev–Trinajstić information content (AvgIpc) is 2.87. The quantitative estimate of drug-likeness (QED) is 0.486. The fraction of sp³-hybridized carbons (Fsp3) is 0.429. The number of carbonyl (C=O) groups excluding carboxylic acids is 1. The number of hydrogen-bond acceptors (Lipinski definition) is 7. The number of halogens is 3. The van der Waals surface area contributed by atoms with Gasteiger partial charge in [0.05, 0.1) is 6.42 Å². The molecule has 1 aromatic heterocycles. The first kappa shape index (κ1) is 31.7. The van der Waals surface area contributed by atoms with Crippen molar-refractivity contribution in [3.63, 3.8) is 0 Å². The van der Waals surface area contributed by atoms with E-state index in [2.05, 4.69) is 22.1 Å². The molecule has 0 aliphatic carbocycles. The van der Waals surface area contributed by atoms with E-state index >= 15 is 0 Å². The Labute approximate surface area is 237 Å². The number of alkyl halides is 3. The fourth-order valence-electron chi connectivity index (χ4n) is 4.18. The van der Waals surface area contributed by atoms with Gasteiger partial charge < -0.3 is 14.7 Å². The maximum Gasteiger partial charge on any atom is 0.422 e. The highest BCUT2D eigenvalue weighted by atomic mass is 32.2. The van der Waals surface area contributed by atoms with Gasteiger partial charge in [0.25, 0.3) is 0 Å². The number of hydrogen-bond donors (Lipinski definition) is 2. The van der Waals surface area contributed by atoms with Gasteiger partial charge >= 0.3 is 12.3 Å². The summed E-state index contributed by atoms with van der Waals surface area (Å²) < 4.78 is 73.8. The molecule has 1 fully saturated rings. The molecule has 9 nitrogen and oxygen atoms in total. The van der Waals surface area contributed by atoms with Gasteiger partial charge in [-0.3, -0.25) is 5.32 Å². The van der Waals surface area contributed by atoms with Gasteiger partial charge in [0, 0.05) is 31.5 Å². The van der Waals surface area contributed by atoms with Crippen LogP contribution in [0.4, 0.5) is 29.5 Å². The average molecular weight is 593 g/mol. The molecule has 0 saturated carbocycles. The summed E-state index contributed by atoms with van der Waals surface area (Å²) in [6.07, 6.45) is -0.448. The molecule has 2 unspecified atom stereocenters. The smallest absolute Gasteiger partial charge is 0.422 e. The van der Waals surface area contributed by atoms with E-state index in [4.69, 9.17) is 11.2 Å². The highest BCUT2D eigenvalue weighted by Crippen LogP contribution is 2.42. The lowest BCUT2D eigenvalue weighted by Gasteiger charge is -2.40. The molecule has 220 valence electrons. The van der Waals surface area contributed by atoms with Crippen molar-refractivity contribution in [2.75, 3.05) is 29.9 Å². The Hall–Kier alpha value is -3.78. The molecular formula is C28H31F3N4O5S. The van der Waals surface area contributed by atoms with Crippen LogP contribution < -0.4 is 10.2 Å². The number of aliphatic hydroxyl groups is 1. The van der Waals surface area contributed by atoms with Crippen molar-refractivity contribution >= 4 is 27.6 Å². The number of sulfonamides is 1. The second-order valence-corrected chi connectivity index (χ2v) is 12.2. The number of aromatic nitrogens is 1. The predicted molar refractivity (Wildman–Crippen MR) is 147 cm³/mol. The molecule has 41 heavy (non-hydrogen) atoms. The zero-order valence-electron chi connectivity index (χ0n) is 23.0. The van der Waals surface area contributed by atoms with Gasteiger partial charge in [-0.05, 0) is 57.5 Å². The van der Waals surface area contributed by atoms with E-state index in [-0.39, 0.29) is 30.3 Å². The third kappa shape index (κ3) is 7.30. The summed E-state index contributed by atoms with van der Waals surface area (Å²) in [7, 11) is -3.99. The van der Waals surface area contributed by atoms with Crippen LogP contribution in [0.25, 0.3) is 0 Å². The van der Waals surface area contributed by atoms with E-state index in [1.165, 1.54) is 28.6 Å². The zero-order valence-corrected chi connectivity index (χ0v) is 23.8. The third-order valence-electron chi connectivity index (χ3n) is 6.16. The number of nitrogens with zero attached hydrogens (tertiary/aromatic N) is 3. The van der Waals surface area contributed by atoms with E-state index in [0.717, 1.165) is 18.3 Å². The molecule has 2 N–H and O–H groups in total. The van der Waals surface area contributed by atoms with Crippen LogP contribution in [0.3, 0.4) is 0 Å². The van der Waals surface area contributed by atoms with Crippen molar-refractivity contribution in [1.29, 1.82) is 0 Å². The monoisotopic (exact) mass is 592 g/mol. The Morgan fingerprint density at radius 1 is 1.17 bits per heavy atom. The van der Waals surface area contributed by atoms with Crippen LogP contribution in [-0.4, -0.2) is 66.4 Å². The summed E-state index contributed by atoms with van der Waals surface area (Å²) in [6.45, 7) is 6.94. The maximum absolute atomic E-state index is 13.6. The van der Waals surface area contributed by atoms with Crippen molar-refractivity contribution in [3.8, 4) is 24.2 Å².